The maximum Gasteiger partial charge on any atom is 0.258 e. The highest BCUT2D eigenvalue weighted by molar-refractivity contribution is 6.31. The highest BCUT2D eigenvalue weighted by atomic mass is 35.5. The molecule has 0 aliphatic rings. The van der Waals surface area contributed by atoms with Crippen LogP contribution in [0.3, 0.4) is 0 Å². The molecule has 26 heavy (non-hydrogen) atoms. The van der Waals surface area contributed by atoms with Crippen LogP contribution in [0.25, 0.3) is 22.5 Å². The minimum Gasteiger partial charge on any atom is -0.476 e. The molecular weight excluding hydrogens is 358 g/mol. The van der Waals surface area contributed by atoms with Crippen molar-refractivity contribution in [3.8, 4) is 17.3 Å². The molecule has 6 nitrogen and oxygen atoms in total. The van der Waals surface area contributed by atoms with Crippen molar-refractivity contribution < 1.29 is 18.4 Å². The van der Waals surface area contributed by atoms with Crippen LogP contribution in [0.2, 0.25) is 5.02 Å². The monoisotopic (exact) mass is 375 g/mol. The van der Waals surface area contributed by atoms with Gasteiger partial charge in [-0.3, -0.25) is 9.59 Å². The molecule has 0 fully saturated rings. The molecule has 1 aromatic carbocycles. The van der Waals surface area contributed by atoms with Gasteiger partial charge in [0, 0.05) is 11.1 Å². The molecule has 3 aromatic rings. The summed E-state index contributed by atoms with van der Waals surface area (Å²) < 4.78 is 16.7. The second-order valence-corrected chi connectivity index (χ2v) is 6.31. The Bertz CT molecular complexity index is 978. The van der Waals surface area contributed by atoms with E-state index in [9.17, 15) is 9.59 Å². The third-order valence-corrected chi connectivity index (χ3v) is 4.16. The molecule has 1 N–H and O–H groups in total. The Balaban J connectivity index is 2.01. The van der Waals surface area contributed by atoms with Crippen LogP contribution < -0.4 is 15.5 Å². The zero-order valence-corrected chi connectivity index (χ0v) is 15.1. The van der Waals surface area contributed by atoms with E-state index in [1.165, 1.54) is 12.3 Å². The third kappa shape index (κ3) is 3.75. The molecule has 136 valence electrons. The van der Waals surface area contributed by atoms with Gasteiger partial charge in [0.2, 0.25) is 16.9 Å². The summed E-state index contributed by atoms with van der Waals surface area (Å²) in [6, 6.07) is 8.06. The van der Waals surface area contributed by atoms with Gasteiger partial charge in [0.05, 0.1) is 11.6 Å². The molecule has 0 aliphatic heterocycles. The summed E-state index contributed by atoms with van der Waals surface area (Å²) in [6.45, 7) is 3.54. The van der Waals surface area contributed by atoms with E-state index in [1.54, 1.807) is 24.3 Å². The number of ether oxygens (including phenoxy) is 1. The van der Waals surface area contributed by atoms with Gasteiger partial charge in [-0.1, -0.05) is 18.5 Å². The molecule has 0 saturated heterocycles. The minimum absolute atomic E-state index is 0.0162. The summed E-state index contributed by atoms with van der Waals surface area (Å²) in [5, 5.41) is 3.45. The molecule has 7 heteroatoms. The first kappa shape index (κ1) is 18.1. The summed E-state index contributed by atoms with van der Waals surface area (Å²) in [6.07, 6.45) is 2.25. The van der Waals surface area contributed by atoms with E-state index >= 15 is 0 Å². The number of carbonyl (C=O) groups excluding carboxylic acids is 1. The van der Waals surface area contributed by atoms with Crippen LogP contribution in [-0.4, -0.2) is 18.6 Å². The van der Waals surface area contributed by atoms with Crippen LogP contribution in [0.5, 0.6) is 5.75 Å². The van der Waals surface area contributed by atoms with Gasteiger partial charge < -0.3 is 18.9 Å². The van der Waals surface area contributed by atoms with Crippen molar-refractivity contribution >= 4 is 28.5 Å². The largest absolute Gasteiger partial charge is 0.476 e. The number of hydrogen-bond acceptors (Lipinski definition) is 5. The lowest BCUT2D eigenvalue weighted by molar-refractivity contribution is -0.123. The van der Waals surface area contributed by atoms with Gasteiger partial charge in [0.15, 0.2) is 12.4 Å². The van der Waals surface area contributed by atoms with E-state index in [4.69, 9.17) is 25.2 Å². The normalized spacial score (nSPS) is 12.1. The van der Waals surface area contributed by atoms with Crippen molar-refractivity contribution in [1.29, 1.82) is 0 Å². The third-order valence-electron chi connectivity index (χ3n) is 3.92. The lowest BCUT2D eigenvalue weighted by atomic mass is 10.2. The van der Waals surface area contributed by atoms with Crippen LogP contribution in [-0.2, 0) is 4.79 Å². The van der Waals surface area contributed by atoms with Crippen LogP contribution in [0.4, 0.5) is 0 Å². The fourth-order valence-corrected chi connectivity index (χ4v) is 2.58. The van der Waals surface area contributed by atoms with Gasteiger partial charge in [-0.05, 0) is 43.7 Å². The first-order chi connectivity index (χ1) is 12.5. The first-order valence-corrected chi connectivity index (χ1v) is 8.59. The van der Waals surface area contributed by atoms with Crippen molar-refractivity contribution in [2.24, 2.45) is 0 Å². The van der Waals surface area contributed by atoms with E-state index in [1.807, 2.05) is 13.8 Å². The predicted octanol–water partition coefficient (Wildman–Crippen LogP) is 4.00. The Morgan fingerprint density at radius 2 is 2.15 bits per heavy atom. The number of benzene rings is 1. The van der Waals surface area contributed by atoms with Gasteiger partial charge in [0.1, 0.15) is 5.58 Å². The second kappa shape index (κ2) is 7.66. The quantitative estimate of drug-likeness (QED) is 0.704. The molecule has 0 aliphatic carbocycles. The van der Waals surface area contributed by atoms with Crippen LogP contribution in [0.15, 0.2) is 50.2 Å². The number of fused-ring (bicyclic) bond motifs is 1. The Morgan fingerprint density at radius 3 is 2.85 bits per heavy atom. The van der Waals surface area contributed by atoms with Gasteiger partial charge >= 0.3 is 0 Å². The number of nitrogens with one attached hydrogen (secondary N) is 1. The Labute approximate surface area is 154 Å². The lowest BCUT2D eigenvalue weighted by Crippen LogP contribution is -2.36. The van der Waals surface area contributed by atoms with Gasteiger partial charge in [-0.25, -0.2) is 0 Å². The molecule has 0 bridgehead atoms. The number of furan rings is 1. The summed E-state index contributed by atoms with van der Waals surface area (Å²) >= 11 is 5.98. The predicted molar refractivity (Wildman–Crippen MR) is 98.6 cm³/mol. The van der Waals surface area contributed by atoms with E-state index in [-0.39, 0.29) is 35.5 Å². The summed E-state index contributed by atoms with van der Waals surface area (Å²) in [5.41, 5.74) is -0.0707. The molecule has 3 rings (SSSR count). The molecule has 0 radical (unpaired) electrons. The lowest BCUT2D eigenvalue weighted by Gasteiger charge is -2.13. The minimum atomic E-state index is -0.420. The van der Waals surface area contributed by atoms with Crippen LogP contribution >= 0.6 is 11.6 Å². The van der Waals surface area contributed by atoms with Crippen molar-refractivity contribution in [3.05, 3.63) is 51.8 Å². The van der Waals surface area contributed by atoms with E-state index < -0.39 is 5.43 Å². The standard InChI is InChI=1S/C19H18ClNO5/c1-3-11(2)21-16(22)10-25-19-17(23)13-9-12(20)6-7-14(13)26-18(19)15-5-4-8-24-15/h4-9,11H,3,10H2,1-2H3,(H,21,22)/t11-/m0/s1. The van der Waals surface area contributed by atoms with Crippen LogP contribution in [0.1, 0.15) is 20.3 Å². The number of halogens is 1. The number of rotatable bonds is 6. The molecular formula is C19H18ClNO5. The zero-order valence-electron chi connectivity index (χ0n) is 14.4. The van der Waals surface area contributed by atoms with Gasteiger partial charge in [0.25, 0.3) is 5.91 Å². The number of carbonyl (C=O) groups is 1. The van der Waals surface area contributed by atoms with Gasteiger partial charge in [-0.15, -0.1) is 0 Å². The van der Waals surface area contributed by atoms with Crippen LogP contribution in [0, 0.1) is 0 Å². The molecule has 0 saturated carbocycles. The van der Waals surface area contributed by atoms with Gasteiger partial charge in [-0.2, -0.15) is 0 Å². The van der Waals surface area contributed by atoms with E-state index in [2.05, 4.69) is 5.32 Å². The van der Waals surface area contributed by atoms with Crippen molar-refractivity contribution in [2.45, 2.75) is 26.3 Å². The summed E-state index contributed by atoms with van der Waals surface area (Å²) in [5.74, 6) is 0.0480. The fraction of sp³-hybridized carbons (Fsp3) is 0.263. The molecule has 2 aromatic heterocycles. The maximum atomic E-state index is 12.9. The molecule has 0 unspecified atom stereocenters. The first-order valence-electron chi connectivity index (χ1n) is 8.22. The van der Waals surface area contributed by atoms with Crippen molar-refractivity contribution in [1.82, 2.24) is 5.32 Å². The Kier molecular flexibility index (Phi) is 5.32. The Hall–Kier alpha value is -2.73. The molecule has 1 atom stereocenters. The molecule has 2 heterocycles. The fourth-order valence-electron chi connectivity index (χ4n) is 2.41. The molecule has 1 amide bonds. The topological polar surface area (TPSA) is 81.7 Å². The number of amides is 1. The average Bonchev–Trinajstić information content (AvgIpc) is 3.15. The smallest absolute Gasteiger partial charge is 0.258 e. The average molecular weight is 376 g/mol. The zero-order chi connectivity index (χ0) is 18.7. The maximum absolute atomic E-state index is 12.9. The summed E-state index contributed by atoms with van der Waals surface area (Å²) in [4.78, 5) is 24.9. The van der Waals surface area contributed by atoms with Crippen molar-refractivity contribution in [3.63, 3.8) is 0 Å². The number of hydrogen-bond donors (Lipinski definition) is 1. The molecule has 0 spiro atoms. The van der Waals surface area contributed by atoms with E-state index in [0.29, 0.717) is 16.4 Å². The highest BCUT2D eigenvalue weighted by Crippen LogP contribution is 2.31. The Morgan fingerprint density at radius 1 is 1.35 bits per heavy atom. The second-order valence-electron chi connectivity index (χ2n) is 5.87. The van der Waals surface area contributed by atoms with E-state index in [0.717, 1.165) is 6.42 Å². The van der Waals surface area contributed by atoms with Crippen molar-refractivity contribution in [2.75, 3.05) is 6.61 Å². The summed E-state index contributed by atoms with van der Waals surface area (Å²) in [7, 11) is 0. The SMILES string of the molecule is CC[C@H](C)NC(=O)COc1c(-c2ccco2)oc2ccc(Cl)cc2c1=O. The highest BCUT2D eigenvalue weighted by Gasteiger charge is 2.21.